The van der Waals surface area contributed by atoms with Crippen LogP contribution in [0.2, 0.25) is 10.0 Å². The predicted molar refractivity (Wildman–Crippen MR) is 109 cm³/mol. The summed E-state index contributed by atoms with van der Waals surface area (Å²) in [5, 5.41) is 12.4. The van der Waals surface area contributed by atoms with Gasteiger partial charge in [0.25, 0.3) is 0 Å². The van der Waals surface area contributed by atoms with Crippen LogP contribution in [0.4, 0.5) is 0 Å². The lowest BCUT2D eigenvalue weighted by Gasteiger charge is -2.30. The molecule has 1 unspecified atom stereocenters. The minimum absolute atomic E-state index is 0.378. The zero-order chi connectivity index (χ0) is 19.8. The SMILES string of the molecule is OC(c1ccccc1)(c1cncnc1)c1ccc(Cl)cc1Cl.c1cncnc1. The van der Waals surface area contributed by atoms with Crippen molar-refractivity contribution in [1.82, 2.24) is 19.9 Å². The minimum Gasteiger partial charge on any atom is -0.376 e. The molecule has 0 aliphatic rings. The van der Waals surface area contributed by atoms with E-state index in [9.17, 15) is 5.11 Å². The first kappa shape index (κ1) is 19.9. The number of benzene rings is 2. The molecule has 4 aromatic rings. The zero-order valence-corrected chi connectivity index (χ0v) is 16.2. The Kier molecular flexibility index (Phi) is 6.66. The Balaban J connectivity index is 0.000000320. The molecule has 0 fully saturated rings. The Bertz CT molecular complexity index is 936. The Morgan fingerprint density at radius 1 is 0.714 bits per heavy atom. The molecule has 7 heteroatoms. The van der Waals surface area contributed by atoms with Gasteiger partial charge < -0.3 is 5.11 Å². The van der Waals surface area contributed by atoms with Crippen molar-refractivity contribution in [1.29, 1.82) is 0 Å². The van der Waals surface area contributed by atoms with Crippen molar-refractivity contribution in [2.75, 3.05) is 0 Å². The monoisotopic (exact) mass is 410 g/mol. The molecular formula is C21H16Cl2N4O. The van der Waals surface area contributed by atoms with Gasteiger partial charge >= 0.3 is 0 Å². The molecule has 0 saturated carbocycles. The van der Waals surface area contributed by atoms with Crippen LogP contribution in [0.3, 0.4) is 0 Å². The number of aliphatic hydroxyl groups is 1. The maximum Gasteiger partial charge on any atom is 0.144 e. The zero-order valence-electron chi connectivity index (χ0n) is 14.7. The van der Waals surface area contributed by atoms with Crippen LogP contribution in [0, 0.1) is 0 Å². The Labute approximate surface area is 172 Å². The maximum atomic E-state index is 11.5. The van der Waals surface area contributed by atoms with Gasteiger partial charge in [-0.05, 0) is 23.8 Å². The van der Waals surface area contributed by atoms with Gasteiger partial charge in [0.15, 0.2) is 0 Å². The highest BCUT2D eigenvalue weighted by atomic mass is 35.5. The van der Waals surface area contributed by atoms with Crippen LogP contribution in [-0.2, 0) is 5.60 Å². The summed E-state index contributed by atoms with van der Waals surface area (Å²) in [5.41, 5.74) is 0.281. The summed E-state index contributed by atoms with van der Waals surface area (Å²) in [6, 6.07) is 16.0. The highest BCUT2D eigenvalue weighted by molar-refractivity contribution is 6.35. The number of aromatic nitrogens is 4. The first-order valence-electron chi connectivity index (χ1n) is 8.31. The van der Waals surface area contributed by atoms with Gasteiger partial charge in [-0.3, -0.25) is 0 Å². The molecule has 5 nitrogen and oxygen atoms in total. The van der Waals surface area contributed by atoms with Crippen LogP contribution >= 0.6 is 23.2 Å². The fourth-order valence-corrected chi connectivity index (χ4v) is 3.22. The molecule has 0 aliphatic carbocycles. The molecular weight excluding hydrogens is 395 g/mol. The second-order valence-electron chi connectivity index (χ2n) is 5.73. The van der Waals surface area contributed by atoms with Gasteiger partial charge in [-0.15, -0.1) is 0 Å². The summed E-state index contributed by atoms with van der Waals surface area (Å²) in [5.74, 6) is 0. The van der Waals surface area contributed by atoms with Crippen molar-refractivity contribution in [2.45, 2.75) is 5.60 Å². The van der Waals surface area contributed by atoms with Crippen molar-refractivity contribution < 1.29 is 5.11 Å². The average Bonchev–Trinajstić information content (AvgIpc) is 2.76. The van der Waals surface area contributed by atoms with Crippen molar-refractivity contribution >= 4 is 23.2 Å². The van der Waals surface area contributed by atoms with Crippen molar-refractivity contribution in [3.8, 4) is 0 Å². The maximum absolute atomic E-state index is 11.5. The number of halogens is 2. The molecule has 28 heavy (non-hydrogen) atoms. The largest absolute Gasteiger partial charge is 0.376 e. The Morgan fingerprint density at radius 3 is 1.89 bits per heavy atom. The van der Waals surface area contributed by atoms with E-state index in [1.165, 1.54) is 12.7 Å². The molecule has 0 amide bonds. The lowest BCUT2D eigenvalue weighted by molar-refractivity contribution is 0.125. The van der Waals surface area contributed by atoms with Crippen LogP contribution in [0.25, 0.3) is 0 Å². The van der Waals surface area contributed by atoms with Crippen LogP contribution < -0.4 is 0 Å². The van der Waals surface area contributed by atoms with E-state index in [0.717, 1.165) is 0 Å². The van der Waals surface area contributed by atoms with Gasteiger partial charge in [-0.2, -0.15) is 0 Å². The van der Waals surface area contributed by atoms with Crippen LogP contribution in [0.15, 0.2) is 92.0 Å². The van der Waals surface area contributed by atoms with Gasteiger partial charge in [-0.1, -0.05) is 59.6 Å². The smallest absolute Gasteiger partial charge is 0.144 e. The molecule has 140 valence electrons. The standard InChI is InChI=1S/C17H12Cl2N2O.C4H4N2/c18-14-6-7-15(16(19)8-14)17(22,12-4-2-1-3-5-12)13-9-20-11-21-10-13;1-2-5-4-6-3-1/h1-11,22H;1-4H. The molecule has 0 bridgehead atoms. The number of hydrogen-bond donors (Lipinski definition) is 1. The lowest BCUT2D eigenvalue weighted by Crippen LogP contribution is -2.29. The van der Waals surface area contributed by atoms with Gasteiger partial charge in [0, 0.05) is 46.0 Å². The fourth-order valence-electron chi connectivity index (χ4n) is 2.68. The van der Waals surface area contributed by atoms with E-state index >= 15 is 0 Å². The van der Waals surface area contributed by atoms with E-state index in [0.29, 0.717) is 26.7 Å². The average molecular weight is 411 g/mol. The third kappa shape index (κ3) is 4.51. The third-order valence-corrected chi connectivity index (χ3v) is 4.52. The quantitative estimate of drug-likeness (QED) is 0.536. The molecule has 2 heterocycles. The molecule has 0 radical (unpaired) electrons. The molecule has 1 atom stereocenters. The number of rotatable bonds is 3. The fraction of sp³-hybridized carbons (Fsp3) is 0.0476. The van der Waals surface area contributed by atoms with E-state index in [1.807, 2.05) is 30.3 Å². The molecule has 1 N–H and O–H groups in total. The lowest BCUT2D eigenvalue weighted by atomic mass is 9.81. The van der Waals surface area contributed by atoms with E-state index in [4.69, 9.17) is 23.2 Å². The second-order valence-corrected chi connectivity index (χ2v) is 6.58. The predicted octanol–water partition coefficient (Wildman–Crippen LogP) is 4.54. The first-order chi connectivity index (χ1) is 13.6. The van der Waals surface area contributed by atoms with E-state index in [1.54, 1.807) is 49.1 Å². The van der Waals surface area contributed by atoms with Crippen molar-refractivity contribution in [3.63, 3.8) is 0 Å². The summed E-state index contributed by atoms with van der Waals surface area (Å²) in [6.07, 6.45) is 9.44. The minimum atomic E-state index is -1.45. The van der Waals surface area contributed by atoms with Gasteiger partial charge in [-0.25, -0.2) is 19.9 Å². The molecule has 2 aromatic carbocycles. The second kappa shape index (κ2) is 9.37. The summed E-state index contributed by atoms with van der Waals surface area (Å²) >= 11 is 12.3. The molecule has 2 aromatic heterocycles. The summed E-state index contributed by atoms with van der Waals surface area (Å²) < 4.78 is 0. The van der Waals surface area contributed by atoms with Crippen LogP contribution in [0.5, 0.6) is 0 Å². The summed E-state index contributed by atoms with van der Waals surface area (Å²) in [4.78, 5) is 15.4. The molecule has 0 aliphatic heterocycles. The number of nitrogens with zero attached hydrogens (tertiary/aromatic N) is 4. The normalized spacial score (nSPS) is 12.4. The van der Waals surface area contributed by atoms with Gasteiger partial charge in [0.2, 0.25) is 0 Å². The summed E-state index contributed by atoms with van der Waals surface area (Å²) in [6.45, 7) is 0. The van der Waals surface area contributed by atoms with Gasteiger partial charge in [0.05, 0.1) is 0 Å². The Hall–Kier alpha value is -2.86. The molecule has 4 rings (SSSR count). The van der Waals surface area contributed by atoms with E-state index < -0.39 is 5.60 Å². The van der Waals surface area contributed by atoms with Gasteiger partial charge in [0.1, 0.15) is 18.3 Å². The summed E-state index contributed by atoms with van der Waals surface area (Å²) in [7, 11) is 0. The van der Waals surface area contributed by atoms with Crippen LogP contribution in [-0.4, -0.2) is 25.0 Å². The van der Waals surface area contributed by atoms with Crippen LogP contribution in [0.1, 0.15) is 16.7 Å². The molecule has 0 saturated heterocycles. The number of hydrogen-bond acceptors (Lipinski definition) is 5. The van der Waals surface area contributed by atoms with E-state index in [2.05, 4.69) is 19.9 Å². The van der Waals surface area contributed by atoms with Crippen molar-refractivity contribution in [2.24, 2.45) is 0 Å². The highest BCUT2D eigenvalue weighted by Gasteiger charge is 2.36. The molecule has 0 spiro atoms. The third-order valence-electron chi connectivity index (χ3n) is 3.97. The first-order valence-corrected chi connectivity index (χ1v) is 9.07. The topological polar surface area (TPSA) is 71.8 Å². The van der Waals surface area contributed by atoms with Crippen molar-refractivity contribution in [3.05, 3.63) is 119 Å². The van der Waals surface area contributed by atoms with E-state index in [-0.39, 0.29) is 0 Å². The highest BCUT2D eigenvalue weighted by Crippen LogP contribution is 2.40. The Morgan fingerprint density at radius 2 is 1.36 bits per heavy atom.